The van der Waals surface area contributed by atoms with E-state index in [1.54, 1.807) is 97.1 Å². The molecule has 48 heavy (non-hydrogen) atoms. The van der Waals surface area contributed by atoms with Gasteiger partial charge in [0.2, 0.25) is 24.3 Å². The fourth-order valence-electron chi connectivity index (χ4n) is 4.82. The lowest BCUT2D eigenvalue weighted by Gasteiger charge is -2.20. The van der Waals surface area contributed by atoms with Crippen LogP contribution in [0.25, 0.3) is 0 Å². The van der Waals surface area contributed by atoms with E-state index in [0.717, 1.165) is 0 Å². The summed E-state index contributed by atoms with van der Waals surface area (Å²) in [6.07, 6.45) is 6.37. The molecule has 10 nitrogen and oxygen atoms in total. The molecule has 0 saturated carbocycles. The number of nitrogens with zero attached hydrogens (tertiary/aromatic N) is 4. The van der Waals surface area contributed by atoms with Crippen molar-refractivity contribution >= 4 is 87.9 Å². The molecule has 12 heteroatoms. The van der Waals surface area contributed by atoms with Crippen LogP contribution in [0.5, 0.6) is 0 Å². The van der Waals surface area contributed by atoms with Crippen LogP contribution in [0.15, 0.2) is 147 Å². The van der Waals surface area contributed by atoms with E-state index in [1.165, 1.54) is 24.3 Å². The second-order valence-corrected chi connectivity index (χ2v) is 15.8. The van der Waals surface area contributed by atoms with Gasteiger partial charge in [0.1, 0.15) is 7.14 Å². The molecule has 0 radical (unpaired) electrons. The monoisotopic (exact) mass is 672 g/mol. The van der Waals surface area contributed by atoms with Crippen molar-refractivity contribution in [3.8, 4) is 0 Å². The van der Waals surface area contributed by atoms with Crippen LogP contribution in [0.3, 0.4) is 0 Å². The molecule has 0 aliphatic carbocycles. The summed E-state index contributed by atoms with van der Waals surface area (Å²) in [5.41, 5.74) is 1.83. The highest BCUT2D eigenvalue weighted by molar-refractivity contribution is 7.85. The summed E-state index contributed by atoms with van der Waals surface area (Å²) in [4.78, 5) is 55.4. The van der Waals surface area contributed by atoms with Crippen molar-refractivity contribution in [2.24, 2.45) is 20.0 Å². The van der Waals surface area contributed by atoms with Gasteiger partial charge in [0, 0.05) is 32.7 Å². The maximum absolute atomic E-state index is 14.1. The molecule has 0 atom stereocenters. The fourth-order valence-corrected chi connectivity index (χ4v) is 9.73. The number of aliphatic imine (C=N–C) groups is 4. The largest absolute Gasteiger partial charge is 0.314 e. The van der Waals surface area contributed by atoms with Gasteiger partial charge in [-0.2, -0.15) is 20.0 Å². The van der Waals surface area contributed by atoms with Crippen LogP contribution in [0.2, 0.25) is 0 Å². The standard InChI is InChI=1S/C20H13N2O3P.C16H13N2O3P/c23-14-21-16-6-10-19(11-7-16)26(25,18-4-2-1-3-5-18)20-12-8-17(9-13-20)22-15-24;1-2-22(21,15-7-3-13(4-8-15)17-11-19)16-9-5-14(6-10-16)18-12-20/h1-13H;3-10H,2H2,1H3. The predicted octanol–water partition coefficient (Wildman–Crippen LogP) is 6.22. The topological polar surface area (TPSA) is 152 Å². The van der Waals surface area contributed by atoms with Gasteiger partial charge < -0.3 is 9.13 Å². The molecule has 0 spiro atoms. The van der Waals surface area contributed by atoms with Crippen LogP contribution in [0.1, 0.15) is 6.92 Å². The summed E-state index contributed by atoms with van der Waals surface area (Å²) < 4.78 is 27.4. The summed E-state index contributed by atoms with van der Waals surface area (Å²) in [5, 5.41) is 3.27. The highest BCUT2D eigenvalue weighted by atomic mass is 31.2. The van der Waals surface area contributed by atoms with Gasteiger partial charge >= 0.3 is 0 Å². The molecule has 0 bridgehead atoms. The summed E-state index contributed by atoms with van der Waals surface area (Å²) in [5.74, 6) is 0. The Morgan fingerprint density at radius 2 is 0.688 bits per heavy atom. The Morgan fingerprint density at radius 3 is 0.958 bits per heavy atom. The highest BCUT2D eigenvalue weighted by Gasteiger charge is 2.29. The Bertz CT molecular complexity index is 2030. The second-order valence-electron chi connectivity index (χ2n) is 9.88. The molecule has 5 aromatic rings. The average Bonchev–Trinajstić information content (AvgIpc) is 3.13. The minimum absolute atomic E-state index is 0.444. The van der Waals surface area contributed by atoms with Crippen LogP contribution in [0.4, 0.5) is 22.7 Å². The van der Waals surface area contributed by atoms with Gasteiger partial charge in [-0.05, 0) is 97.1 Å². The van der Waals surface area contributed by atoms with E-state index in [2.05, 4.69) is 20.0 Å². The quantitative estimate of drug-likeness (QED) is 0.0977. The number of isocyanates is 4. The van der Waals surface area contributed by atoms with E-state index >= 15 is 0 Å². The van der Waals surface area contributed by atoms with Crippen molar-refractivity contribution in [2.45, 2.75) is 6.92 Å². The van der Waals surface area contributed by atoms with Gasteiger partial charge in [0.15, 0.2) is 7.14 Å². The zero-order chi connectivity index (χ0) is 34.4. The molecule has 0 aliphatic heterocycles. The molecular formula is C36H26N4O6P2. The molecule has 0 N–H and O–H groups in total. The number of hydrogen-bond acceptors (Lipinski definition) is 10. The van der Waals surface area contributed by atoms with Gasteiger partial charge in [0.05, 0.1) is 22.7 Å². The third-order valence-electron chi connectivity index (χ3n) is 7.22. The first kappa shape index (κ1) is 34.9. The highest BCUT2D eigenvalue weighted by Crippen LogP contribution is 2.44. The number of carbonyl (C=O) groups excluding carboxylic acids is 4. The summed E-state index contributed by atoms with van der Waals surface area (Å²) in [6.45, 7) is 1.86. The minimum atomic E-state index is -3.13. The van der Waals surface area contributed by atoms with Crippen molar-refractivity contribution in [1.29, 1.82) is 0 Å². The van der Waals surface area contributed by atoms with Crippen LogP contribution in [0, 0.1) is 0 Å². The molecule has 0 unspecified atom stereocenters. The van der Waals surface area contributed by atoms with Gasteiger partial charge in [-0.15, -0.1) is 0 Å². The molecule has 0 saturated heterocycles. The van der Waals surface area contributed by atoms with Crippen molar-refractivity contribution in [2.75, 3.05) is 6.16 Å². The Kier molecular flexibility index (Phi) is 12.1. The molecule has 0 aliphatic rings. The van der Waals surface area contributed by atoms with E-state index in [9.17, 15) is 28.3 Å². The number of hydrogen-bond donors (Lipinski definition) is 0. The Morgan fingerprint density at radius 1 is 0.417 bits per heavy atom. The molecule has 0 heterocycles. The normalized spacial score (nSPS) is 12.4. The van der Waals surface area contributed by atoms with E-state index in [0.29, 0.717) is 55.4 Å². The second kappa shape index (κ2) is 16.6. The zero-order valence-corrected chi connectivity index (χ0v) is 27.3. The molecule has 5 rings (SSSR count). The number of benzene rings is 5. The van der Waals surface area contributed by atoms with Crippen LogP contribution in [-0.2, 0) is 28.3 Å². The van der Waals surface area contributed by atoms with Crippen LogP contribution < -0.4 is 26.5 Å². The van der Waals surface area contributed by atoms with Gasteiger partial charge in [0.25, 0.3) is 0 Å². The lowest BCUT2D eigenvalue weighted by atomic mass is 10.3. The van der Waals surface area contributed by atoms with E-state index in [1.807, 2.05) is 37.3 Å². The summed E-state index contributed by atoms with van der Waals surface area (Å²) >= 11 is 0. The molecular weight excluding hydrogens is 646 g/mol. The summed E-state index contributed by atoms with van der Waals surface area (Å²) in [6, 6.07) is 35.8. The zero-order valence-electron chi connectivity index (χ0n) is 25.5. The Labute approximate surface area is 276 Å². The third-order valence-corrected chi connectivity index (χ3v) is 13.5. The molecule has 0 amide bonds. The van der Waals surface area contributed by atoms with Gasteiger partial charge in [-0.25, -0.2) is 19.2 Å². The third kappa shape index (κ3) is 8.07. The first-order valence-corrected chi connectivity index (χ1v) is 17.9. The fraction of sp³-hybridized carbons (Fsp3) is 0.0556. The van der Waals surface area contributed by atoms with Crippen molar-refractivity contribution in [1.82, 2.24) is 0 Å². The smallest absolute Gasteiger partial charge is 0.240 e. The van der Waals surface area contributed by atoms with Gasteiger partial charge in [-0.1, -0.05) is 37.3 Å². The van der Waals surface area contributed by atoms with Crippen molar-refractivity contribution < 1.29 is 28.3 Å². The van der Waals surface area contributed by atoms with Crippen molar-refractivity contribution in [3.05, 3.63) is 127 Å². The molecule has 0 aromatic heterocycles. The lowest BCUT2D eigenvalue weighted by Crippen LogP contribution is -2.24. The molecule has 0 fully saturated rings. The summed E-state index contributed by atoms with van der Waals surface area (Å²) in [7, 11) is -5.90. The van der Waals surface area contributed by atoms with E-state index in [4.69, 9.17) is 0 Å². The van der Waals surface area contributed by atoms with E-state index in [-0.39, 0.29) is 0 Å². The van der Waals surface area contributed by atoms with E-state index < -0.39 is 14.3 Å². The first-order chi connectivity index (χ1) is 23.3. The Hall–Kier alpha value is -5.92. The predicted molar refractivity (Wildman–Crippen MR) is 187 cm³/mol. The SMILES string of the molecule is CCP(=O)(c1ccc(N=C=O)cc1)c1ccc(N=C=O)cc1.O=C=Nc1ccc(P(=O)(c2ccccc2)c2ccc(N=C=O)cc2)cc1. The molecule has 5 aromatic carbocycles. The van der Waals surface area contributed by atoms with Crippen LogP contribution in [-0.4, -0.2) is 30.5 Å². The number of rotatable bonds is 10. The minimum Gasteiger partial charge on any atom is -0.314 e. The first-order valence-electron chi connectivity index (χ1n) is 14.3. The van der Waals surface area contributed by atoms with Gasteiger partial charge in [-0.3, -0.25) is 0 Å². The average molecular weight is 673 g/mol. The van der Waals surface area contributed by atoms with Crippen LogP contribution >= 0.6 is 14.3 Å². The lowest BCUT2D eigenvalue weighted by molar-refractivity contribution is 0.564. The molecule has 236 valence electrons. The maximum atomic E-state index is 14.1. The van der Waals surface area contributed by atoms with Crippen molar-refractivity contribution in [3.63, 3.8) is 0 Å². The maximum Gasteiger partial charge on any atom is 0.240 e. The Balaban J connectivity index is 0.000000220.